The molecule has 1 aromatic heterocycles. The third-order valence-electron chi connectivity index (χ3n) is 5.73. The molecule has 1 aliphatic heterocycles. The van der Waals surface area contributed by atoms with Crippen molar-refractivity contribution in [1.29, 1.82) is 0 Å². The number of aromatic nitrogens is 1. The van der Waals surface area contributed by atoms with Crippen LogP contribution in [0.3, 0.4) is 0 Å². The maximum Gasteiger partial charge on any atom is 0.296 e. The Bertz CT molecular complexity index is 1530. The van der Waals surface area contributed by atoms with Crippen molar-refractivity contribution in [2.24, 2.45) is 0 Å². The number of fused-ring (bicyclic) bond motifs is 1. The van der Waals surface area contributed by atoms with Gasteiger partial charge in [0.1, 0.15) is 5.75 Å². The predicted molar refractivity (Wildman–Crippen MR) is 143 cm³/mol. The molecule has 4 aromatic rings. The van der Waals surface area contributed by atoms with E-state index in [1.54, 1.807) is 48.5 Å². The van der Waals surface area contributed by atoms with Crippen molar-refractivity contribution in [3.8, 4) is 5.75 Å². The largest absolute Gasteiger partial charge is 0.503 e. The average molecular weight is 517 g/mol. The molecule has 8 heteroatoms. The molecule has 0 saturated carbocycles. The molecule has 1 N–H and O–H groups in total. The molecular formula is C28H21ClN2O4S. The Hall–Kier alpha value is -3.94. The quantitative estimate of drug-likeness (QED) is 0.282. The van der Waals surface area contributed by atoms with E-state index in [1.165, 1.54) is 22.3 Å². The van der Waals surface area contributed by atoms with Crippen molar-refractivity contribution in [2.75, 3.05) is 11.5 Å². The second kappa shape index (κ2) is 9.97. The number of ketones is 1. The van der Waals surface area contributed by atoms with Crippen LogP contribution in [0.25, 0.3) is 16.3 Å². The van der Waals surface area contributed by atoms with Gasteiger partial charge in [-0.15, -0.1) is 0 Å². The predicted octanol–water partition coefficient (Wildman–Crippen LogP) is 6.53. The average Bonchev–Trinajstić information content (AvgIpc) is 3.41. The van der Waals surface area contributed by atoms with E-state index in [0.29, 0.717) is 33.6 Å². The van der Waals surface area contributed by atoms with Gasteiger partial charge < -0.3 is 9.84 Å². The molecule has 3 aromatic carbocycles. The first-order valence-corrected chi connectivity index (χ1v) is 12.5. The smallest absolute Gasteiger partial charge is 0.296 e. The summed E-state index contributed by atoms with van der Waals surface area (Å²) in [4.78, 5) is 32.8. The van der Waals surface area contributed by atoms with Crippen LogP contribution in [-0.2, 0) is 9.59 Å². The van der Waals surface area contributed by atoms with Gasteiger partial charge in [-0.25, -0.2) is 4.98 Å². The molecule has 0 fully saturated rings. The van der Waals surface area contributed by atoms with E-state index in [4.69, 9.17) is 16.3 Å². The van der Waals surface area contributed by atoms with Gasteiger partial charge in [-0.1, -0.05) is 71.5 Å². The number of halogens is 1. The Labute approximate surface area is 216 Å². The maximum absolute atomic E-state index is 13.4. The monoisotopic (exact) mass is 516 g/mol. The number of allylic oxidation sites excluding steroid dienone is 1. The second-order valence-corrected chi connectivity index (χ2v) is 9.51. The highest BCUT2D eigenvalue weighted by atomic mass is 35.5. The van der Waals surface area contributed by atoms with Crippen molar-refractivity contribution < 1.29 is 19.4 Å². The zero-order chi connectivity index (χ0) is 25.2. The summed E-state index contributed by atoms with van der Waals surface area (Å²) in [5, 5.41) is 11.8. The van der Waals surface area contributed by atoms with Crippen LogP contribution in [0.5, 0.6) is 5.75 Å². The first kappa shape index (κ1) is 23.8. The minimum Gasteiger partial charge on any atom is -0.503 e. The summed E-state index contributed by atoms with van der Waals surface area (Å²) in [7, 11) is 0. The molecule has 0 bridgehead atoms. The van der Waals surface area contributed by atoms with Gasteiger partial charge in [0, 0.05) is 5.02 Å². The molecule has 5 rings (SSSR count). The molecule has 1 amide bonds. The summed E-state index contributed by atoms with van der Waals surface area (Å²) in [6.45, 7) is 2.33. The number of carbonyl (C=O) groups excluding carboxylic acids is 2. The van der Waals surface area contributed by atoms with Gasteiger partial charge in [-0.3, -0.25) is 14.5 Å². The van der Waals surface area contributed by atoms with E-state index in [2.05, 4.69) is 4.98 Å². The van der Waals surface area contributed by atoms with E-state index in [9.17, 15) is 14.7 Å². The molecule has 180 valence electrons. The molecule has 36 heavy (non-hydrogen) atoms. The molecule has 1 unspecified atom stereocenters. The molecule has 2 heterocycles. The van der Waals surface area contributed by atoms with Crippen LogP contribution in [0.2, 0.25) is 5.02 Å². The van der Waals surface area contributed by atoms with Crippen molar-refractivity contribution in [1.82, 2.24) is 4.98 Å². The number of aliphatic hydroxyl groups excluding tert-OH is 1. The van der Waals surface area contributed by atoms with Crippen LogP contribution in [0.15, 0.2) is 90.2 Å². The summed E-state index contributed by atoms with van der Waals surface area (Å²) >= 11 is 7.41. The fourth-order valence-electron chi connectivity index (χ4n) is 4.13. The molecule has 6 nitrogen and oxygen atoms in total. The van der Waals surface area contributed by atoms with E-state index in [-0.39, 0.29) is 5.57 Å². The van der Waals surface area contributed by atoms with Crippen LogP contribution < -0.4 is 9.64 Å². The number of hydrogen-bond acceptors (Lipinski definition) is 6. The minimum atomic E-state index is -0.887. The lowest BCUT2D eigenvalue weighted by atomic mass is 9.95. The van der Waals surface area contributed by atoms with Crippen LogP contribution in [0.1, 0.15) is 24.1 Å². The lowest BCUT2D eigenvalue weighted by molar-refractivity contribution is -0.117. The summed E-state index contributed by atoms with van der Waals surface area (Å²) < 4.78 is 6.44. The first-order valence-electron chi connectivity index (χ1n) is 11.3. The summed E-state index contributed by atoms with van der Waals surface area (Å²) in [5.41, 5.74) is 2.09. The number of rotatable bonds is 7. The van der Waals surface area contributed by atoms with E-state index < -0.39 is 23.5 Å². The molecular weight excluding hydrogens is 496 g/mol. The van der Waals surface area contributed by atoms with E-state index >= 15 is 0 Å². The normalized spacial score (nSPS) is 15.9. The van der Waals surface area contributed by atoms with Crippen LogP contribution >= 0.6 is 22.9 Å². The standard InChI is InChI=1S/C28H21ClN2O4S/c1-2-35-20-10-6-9-18(15-20)25-24(22(32)14-11-17-7-4-3-5-8-17)26(33)27(34)31(25)28-30-21-13-12-19(29)16-23(21)36-28/h3-16,25,33H,2H2,1H3/b14-11+. The second-order valence-electron chi connectivity index (χ2n) is 8.06. The lowest BCUT2D eigenvalue weighted by Crippen LogP contribution is -2.30. The lowest BCUT2D eigenvalue weighted by Gasteiger charge is -2.24. The molecule has 0 aliphatic carbocycles. The number of nitrogens with zero attached hydrogens (tertiary/aromatic N) is 2. The zero-order valence-corrected chi connectivity index (χ0v) is 20.8. The van der Waals surface area contributed by atoms with Crippen molar-refractivity contribution in [3.63, 3.8) is 0 Å². The fourth-order valence-corrected chi connectivity index (χ4v) is 5.39. The molecule has 1 aliphatic rings. The Balaban J connectivity index is 1.61. The van der Waals surface area contributed by atoms with Crippen molar-refractivity contribution in [2.45, 2.75) is 13.0 Å². The first-order chi connectivity index (χ1) is 17.5. The maximum atomic E-state index is 13.4. The topological polar surface area (TPSA) is 79.7 Å². The molecule has 0 radical (unpaired) electrons. The van der Waals surface area contributed by atoms with Crippen LogP contribution in [-0.4, -0.2) is 28.4 Å². The number of hydrogen-bond donors (Lipinski definition) is 1. The summed E-state index contributed by atoms with van der Waals surface area (Å²) in [6, 6.07) is 20.9. The van der Waals surface area contributed by atoms with Crippen molar-refractivity contribution >= 4 is 56.1 Å². The third kappa shape index (κ3) is 4.51. The van der Waals surface area contributed by atoms with Gasteiger partial charge in [-0.05, 0) is 54.5 Å². The number of carbonyl (C=O) groups is 2. The number of ether oxygens (including phenoxy) is 1. The Morgan fingerprint density at radius 3 is 2.72 bits per heavy atom. The summed E-state index contributed by atoms with van der Waals surface area (Å²) in [6.07, 6.45) is 3.03. The summed E-state index contributed by atoms with van der Waals surface area (Å²) in [5.74, 6) is -1.16. The SMILES string of the molecule is CCOc1cccc(C2C(C(=O)/C=C/c3ccccc3)=C(O)C(=O)N2c2nc3ccc(Cl)cc3s2)c1. The van der Waals surface area contributed by atoms with Gasteiger partial charge in [0.2, 0.25) is 0 Å². The minimum absolute atomic E-state index is 0.0156. The number of benzene rings is 3. The van der Waals surface area contributed by atoms with Gasteiger partial charge in [-0.2, -0.15) is 0 Å². The fraction of sp³-hybridized carbons (Fsp3) is 0.107. The Kier molecular flexibility index (Phi) is 6.59. The Morgan fingerprint density at radius 1 is 1.14 bits per heavy atom. The Morgan fingerprint density at radius 2 is 1.94 bits per heavy atom. The molecule has 0 saturated heterocycles. The number of anilines is 1. The van der Waals surface area contributed by atoms with Crippen LogP contribution in [0.4, 0.5) is 5.13 Å². The highest BCUT2D eigenvalue weighted by Gasteiger charge is 2.45. The van der Waals surface area contributed by atoms with Gasteiger partial charge >= 0.3 is 0 Å². The molecule has 0 spiro atoms. The zero-order valence-electron chi connectivity index (χ0n) is 19.2. The van der Waals surface area contributed by atoms with Gasteiger partial charge in [0.25, 0.3) is 5.91 Å². The third-order valence-corrected chi connectivity index (χ3v) is 6.98. The van der Waals surface area contributed by atoms with Gasteiger partial charge in [0.05, 0.1) is 28.4 Å². The highest BCUT2D eigenvalue weighted by Crippen LogP contribution is 2.44. The highest BCUT2D eigenvalue weighted by molar-refractivity contribution is 7.22. The van der Waals surface area contributed by atoms with E-state index in [0.717, 1.165) is 10.3 Å². The molecule has 1 atom stereocenters. The number of thiazole rings is 1. The van der Waals surface area contributed by atoms with Crippen LogP contribution in [0, 0.1) is 0 Å². The number of amides is 1. The number of aliphatic hydroxyl groups is 1. The van der Waals surface area contributed by atoms with E-state index in [1.807, 2.05) is 37.3 Å². The van der Waals surface area contributed by atoms with Crippen molar-refractivity contribution in [3.05, 3.63) is 106 Å². The van der Waals surface area contributed by atoms with Gasteiger partial charge in [0.15, 0.2) is 16.7 Å².